The molecule has 0 bridgehead atoms. The highest BCUT2D eigenvalue weighted by atomic mass is 16.5. The number of benzene rings is 5. The number of pyridine rings is 2. The fourth-order valence-corrected chi connectivity index (χ4v) is 5.86. The second kappa shape index (κ2) is 11.0. The number of nitrogens with zero attached hydrogens (tertiary/aromatic N) is 3. The Balaban J connectivity index is 1.19. The van der Waals surface area contributed by atoms with Crippen LogP contribution in [0.1, 0.15) is 0 Å². The molecule has 0 aliphatic heterocycles. The van der Waals surface area contributed by atoms with Crippen LogP contribution in [-0.4, -0.2) is 14.5 Å². The maximum atomic E-state index is 6.48. The van der Waals surface area contributed by atoms with E-state index in [2.05, 4.69) is 101 Å². The van der Waals surface area contributed by atoms with Crippen LogP contribution in [0.3, 0.4) is 0 Å². The van der Waals surface area contributed by atoms with E-state index >= 15 is 0 Å². The standard InChI is InChI=1S/C40H27N3O/c1-3-10-28(11-4-1)30-17-20-38-36(25-30)35-19-18-34(27-39(35)43(38)40-16-7-8-22-42-40)44-33-15-9-14-32(24-33)37-26-31(21-23-41-37)29-12-5-2-6-13-29/h1-27H. The van der Waals surface area contributed by atoms with Gasteiger partial charge in [-0.1, -0.05) is 84.9 Å². The molecule has 0 amide bonds. The number of hydrogen-bond donors (Lipinski definition) is 0. The van der Waals surface area contributed by atoms with Crippen LogP contribution in [0.15, 0.2) is 164 Å². The van der Waals surface area contributed by atoms with Crippen molar-refractivity contribution >= 4 is 21.8 Å². The van der Waals surface area contributed by atoms with Crippen LogP contribution in [0, 0.1) is 0 Å². The molecule has 8 aromatic rings. The van der Waals surface area contributed by atoms with E-state index in [1.54, 1.807) is 0 Å². The molecule has 3 heterocycles. The van der Waals surface area contributed by atoms with E-state index in [1.807, 2.05) is 73.1 Å². The fraction of sp³-hybridized carbons (Fsp3) is 0. The van der Waals surface area contributed by atoms with Gasteiger partial charge in [0.05, 0.1) is 16.7 Å². The summed E-state index contributed by atoms with van der Waals surface area (Å²) < 4.78 is 8.69. The van der Waals surface area contributed by atoms with Crippen molar-refractivity contribution in [2.24, 2.45) is 0 Å². The number of rotatable bonds is 6. The molecular formula is C40H27N3O. The maximum Gasteiger partial charge on any atom is 0.137 e. The van der Waals surface area contributed by atoms with Crippen molar-refractivity contribution in [2.75, 3.05) is 0 Å². The Kier molecular flexibility index (Phi) is 6.43. The molecule has 0 aliphatic carbocycles. The van der Waals surface area contributed by atoms with Crippen LogP contribution >= 0.6 is 0 Å². The maximum absolute atomic E-state index is 6.48. The Morgan fingerprint density at radius 3 is 1.91 bits per heavy atom. The number of hydrogen-bond acceptors (Lipinski definition) is 3. The average Bonchev–Trinajstić information content (AvgIpc) is 3.42. The second-order valence-electron chi connectivity index (χ2n) is 10.7. The van der Waals surface area contributed by atoms with E-state index in [-0.39, 0.29) is 0 Å². The van der Waals surface area contributed by atoms with E-state index < -0.39 is 0 Å². The predicted octanol–water partition coefficient (Wildman–Crippen LogP) is 10.4. The van der Waals surface area contributed by atoms with Gasteiger partial charge < -0.3 is 4.74 Å². The monoisotopic (exact) mass is 565 g/mol. The summed E-state index contributed by atoms with van der Waals surface area (Å²) in [5.74, 6) is 2.37. The Morgan fingerprint density at radius 2 is 1.14 bits per heavy atom. The Labute approximate surface area is 255 Å². The smallest absolute Gasteiger partial charge is 0.137 e. The molecule has 0 atom stereocenters. The summed E-state index contributed by atoms with van der Waals surface area (Å²) in [4.78, 5) is 9.36. The zero-order chi connectivity index (χ0) is 29.3. The van der Waals surface area contributed by atoms with E-state index in [9.17, 15) is 0 Å². The zero-order valence-corrected chi connectivity index (χ0v) is 23.8. The Bertz CT molecular complexity index is 2240. The SMILES string of the molecule is c1ccc(-c2ccnc(-c3cccc(Oc4ccc5c6cc(-c7ccccc7)ccc6n(-c6ccccn6)c5c4)c3)c2)cc1. The molecule has 8 rings (SSSR count). The average molecular weight is 566 g/mol. The van der Waals surface area contributed by atoms with E-state index in [0.717, 1.165) is 56.1 Å². The molecule has 0 N–H and O–H groups in total. The first-order valence-electron chi connectivity index (χ1n) is 14.6. The van der Waals surface area contributed by atoms with Crippen LogP contribution in [0.5, 0.6) is 11.5 Å². The third kappa shape index (κ3) is 4.79. The summed E-state index contributed by atoms with van der Waals surface area (Å²) in [6, 6.07) is 52.0. The lowest BCUT2D eigenvalue weighted by molar-refractivity contribution is 0.483. The third-order valence-electron chi connectivity index (χ3n) is 7.96. The lowest BCUT2D eigenvalue weighted by Crippen LogP contribution is -1.96. The molecule has 0 aliphatic rings. The van der Waals surface area contributed by atoms with Crippen LogP contribution in [-0.2, 0) is 0 Å². The molecule has 0 fully saturated rings. The van der Waals surface area contributed by atoms with Crippen molar-refractivity contribution in [1.29, 1.82) is 0 Å². The van der Waals surface area contributed by atoms with Gasteiger partial charge in [-0.15, -0.1) is 0 Å². The van der Waals surface area contributed by atoms with Crippen LogP contribution in [0.4, 0.5) is 0 Å². The highest BCUT2D eigenvalue weighted by molar-refractivity contribution is 6.10. The van der Waals surface area contributed by atoms with Gasteiger partial charge in [-0.05, 0) is 82.9 Å². The third-order valence-corrected chi connectivity index (χ3v) is 7.96. The quantitative estimate of drug-likeness (QED) is 0.201. The molecular weight excluding hydrogens is 538 g/mol. The minimum Gasteiger partial charge on any atom is -0.457 e. The van der Waals surface area contributed by atoms with E-state index in [0.29, 0.717) is 0 Å². The van der Waals surface area contributed by atoms with Gasteiger partial charge >= 0.3 is 0 Å². The van der Waals surface area contributed by atoms with Crippen molar-refractivity contribution in [3.63, 3.8) is 0 Å². The number of ether oxygens (including phenoxy) is 1. The summed E-state index contributed by atoms with van der Waals surface area (Å²) in [6.45, 7) is 0. The first-order valence-corrected chi connectivity index (χ1v) is 14.6. The van der Waals surface area contributed by atoms with Crippen molar-refractivity contribution in [1.82, 2.24) is 14.5 Å². The predicted molar refractivity (Wildman–Crippen MR) is 179 cm³/mol. The molecule has 0 radical (unpaired) electrons. The fourth-order valence-electron chi connectivity index (χ4n) is 5.86. The molecule has 5 aromatic carbocycles. The Morgan fingerprint density at radius 1 is 0.409 bits per heavy atom. The van der Waals surface area contributed by atoms with Gasteiger partial charge in [0.2, 0.25) is 0 Å². The van der Waals surface area contributed by atoms with Crippen LogP contribution in [0.25, 0.3) is 61.1 Å². The van der Waals surface area contributed by atoms with Gasteiger partial charge in [-0.3, -0.25) is 9.55 Å². The molecule has 0 unspecified atom stereocenters. The summed E-state index contributed by atoms with van der Waals surface area (Å²) in [5.41, 5.74) is 8.70. The van der Waals surface area contributed by atoms with Gasteiger partial charge in [0.15, 0.2) is 0 Å². The summed E-state index contributed by atoms with van der Waals surface area (Å²) >= 11 is 0. The summed E-state index contributed by atoms with van der Waals surface area (Å²) in [5, 5.41) is 2.32. The minimum absolute atomic E-state index is 0.751. The topological polar surface area (TPSA) is 39.9 Å². The summed E-state index contributed by atoms with van der Waals surface area (Å²) in [7, 11) is 0. The minimum atomic E-state index is 0.751. The van der Waals surface area contributed by atoms with Gasteiger partial charge in [-0.2, -0.15) is 0 Å². The highest BCUT2D eigenvalue weighted by Crippen LogP contribution is 2.37. The zero-order valence-electron chi connectivity index (χ0n) is 23.8. The van der Waals surface area contributed by atoms with Crippen LogP contribution in [0.2, 0.25) is 0 Å². The van der Waals surface area contributed by atoms with Crippen molar-refractivity contribution in [3.05, 3.63) is 164 Å². The molecule has 0 saturated carbocycles. The largest absolute Gasteiger partial charge is 0.457 e. The highest BCUT2D eigenvalue weighted by Gasteiger charge is 2.15. The molecule has 3 aromatic heterocycles. The molecule has 44 heavy (non-hydrogen) atoms. The number of aromatic nitrogens is 3. The Hall–Kier alpha value is -6.00. The van der Waals surface area contributed by atoms with Crippen molar-refractivity contribution < 1.29 is 4.74 Å². The molecule has 208 valence electrons. The van der Waals surface area contributed by atoms with E-state index in [1.165, 1.54) is 16.5 Å². The van der Waals surface area contributed by atoms with Gasteiger partial charge in [-0.25, -0.2) is 4.98 Å². The molecule has 4 heteroatoms. The van der Waals surface area contributed by atoms with E-state index in [4.69, 9.17) is 9.72 Å². The first-order chi connectivity index (χ1) is 21.8. The molecule has 0 spiro atoms. The van der Waals surface area contributed by atoms with Crippen LogP contribution < -0.4 is 4.74 Å². The number of fused-ring (bicyclic) bond motifs is 3. The van der Waals surface area contributed by atoms with Gasteiger partial charge in [0.1, 0.15) is 17.3 Å². The lowest BCUT2D eigenvalue weighted by Gasteiger charge is -2.10. The first kappa shape index (κ1) is 25.7. The lowest BCUT2D eigenvalue weighted by atomic mass is 10.0. The normalized spacial score (nSPS) is 11.2. The van der Waals surface area contributed by atoms with Gasteiger partial charge in [0, 0.05) is 34.8 Å². The second-order valence-corrected chi connectivity index (χ2v) is 10.7. The molecule has 0 saturated heterocycles. The molecule has 4 nitrogen and oxygen atoms in total. The summed E-state index contributed by atoms with van der Waals surface area (Å²) in [6.07, 6.45) is 3.69. The van der Waals surface area contributed by atoms with Crippen molar-refractivity contribution in [2.45, 2.75) is 0 Å². The van der Waals surface area contributed by atoms with Gasteiger partial charge in [0.25, 0.3) is 0 Å². The van der Waals surface area contributed by atoms with Crippen molar-refractivity contribution in [3.8, 4) is 50.8 Å².